The number of piperidine rings is 1. The van der Waals surface area contributed by atoms with Gasteiger partial charge in [-0.2, -0.15) is 0 Å². The first-order chi connectivity index (χ1) is 18.2. The molecule has 6 nitrogen and oxygen atoms in total. The van der Waals surface area contributed by atoms with E-state index in [1.54, 1.807) is 31.4 Å². The van der Waals surface area contributed by atoms with Gasteiger partial charge < -0.3 is 9.84 Å². The fraction of sp³-hybridized carbons (Fsp3) is 0.300. The monoisotopic (exact) mass is 594 g/mol. The van der Waals surface area contributed by atoms with Gasteiger partial charge in [0.1, 0.15) is 0 Å². The van der Waals surface area contributed by atoms with Crippen molar-refractivity contribution in [2.75, 3.05) is 26.5 Å². The van der Waals surface area contributed by atoms with Gasteiger partial charge in [-0.05, 0) is 60.4 Å². The maximum Gasteiger partial charge on any atom is 0.217 e. The Morgan fingerprint density at radius 1 is 1.03 bits per heavy atom. The van der Waals surface area contributed by atoms with Crippen LogP contribution in [0.4, 0.5) is 0 Å². The van der Waals surface area contributed by atoms with Crippen molar-refractivity contribution < 1.29 is 18.3 Å². The Bertz CT molecular complexity index is 1530. The molecule has 1 N–H and O–H groups in total. The fourth-order valence-electron chi connectivity index (χ4n) is 5.43. The molecule has 5 rings (SSSR count). The molecule has 1 aliphatic rings. The van der Waals surface area contributed by atoms with Gasteiger partial charge in [-0.15, -0.1) is 0 Å². The second kappa shape index (κ2) is 10.8. The van der Waals surface area contributed by atoms with Crippen LogP contribution in [0.1, 0.15) is 35.4 Å². The van der Waals surface area contributed by atoms with Crippen molar-refractivity contribution in [2.24, 2.45) is 0 Å². The van der Waals surface area contributed by atoms with Crippen molar-refractivity contribution in [3.63, 3.8) is 0 Å². The Hall–Kier alpha value is -2.78. The van der Waals surface area contributed by atoms with E-state index in [4.69, 9.17) is 9.72 Å². The number of hydrogen-bond acceptors (Lipinski definition) is 6. The molecule has 198 valence electrons. The highest BCUT2D eigenvalue weighted by atomic mass is 79.9. The number of benzene rings is 3. The Kier molecular flexibility index (Phi) is 7.60. The molecule has 0 radical (unpaired) electrons. The van der Waals surface area contributed by atoms with Gasteiger partial charge in [0, 0.05) is 47.2 Å². The van der Waals surface area contributed by atoms with Gasteiger partial charge in [0.2, 0.25) is 5.88 Å². The average Bonchev–Trinajstić information content (AvgIpc) is 2.90. The summed E-state index contributed by atoms with van der Waals surface area (Å²) < 4.78 is 30.9. The van der Waals surface area contributed by atoms with E-state index in [0.29, 0.717) is 18.7 Å². The summed E-state index contributed by atoms with van der Waals surface area (Å²) in [6, 6.07) is 25.1. The molecule has 1 saturated heterocycles. The zero-order chi connectivity index (χ0) is 26.9. The minimum absolute atomic E-state index is 0.247. The number of fused-ring (bicyclic) bond motifs is 1. The van der Waals surface area contributed by atoms with Crippen LogP contribution < -0.4 is 4.74 Å². The first kappa shape index (κ1) is 26.8. The van der Waals surface area contributed by atoms with Crippen molar-refractivity contribution in [1.29, 1.82) is 0 Å². The lowest BCUT2D eigenvalue weighted by Gasteiger charge is -2.43. The van der Waals surface area contributed by atoms with Gasteiger partial charge in [0.25, 0.3) is 0 Å². The van der Waals surface area contributed by atoms with Crippen molar-refractivity contribution in [3.05, 3.63) is 100 Å². The van der Waals surface area contributed by atoms with E-state index >= 15 is 0 Å². The Morgan fingerprint density at radius 2 is 1.71 bits per heavy atom. The third kappa shape index (κ3) is 5.64. The number of nitrogens with zero attached hydrogens (tertiary/aromatic N) is 2. The Balaban J connectivity index is 1.56. The third-order valence-corrected chi connectivity index (χ3v) is 9.05. The van der Waals surface area contributed by atoms with Crippen molar-refractivity contribution in [2.45, 2.75) is 35.8 Å². The van der Waals surface area contributed by atoms with Gasteiger partial charge >= 0.3 is 0 Å². The fourth-order valence-corrected chi connectivity index (χ4v) is 6.44. The van der Waals surface area contributed by atoms with E-state index in [0.717, 1.165) is 46.1 Å². The van der Waals surface area contributed by atoms with Crippen LogP contribution in [0.15, 0.2) is 88.2 Å². The van der Waals surface area contributed by atoms with Crippen LogP contribution in [0.25, 0.3) is 10.9 Å². The number of methoxy groups -OCH3 is 1. The molecule has 1 atom stereocenters. The van der Waals surface area contributed by atoms with Crippen molar-refractivity contribution in [1.82, 2.24) is 9.88 Å². The first-order valence-corrected chi connectivity index (χ1v) is 15.3. The van der Waals surface area contributed by atoms with E-state index in [-0.39, 0.29) is 4.90 Å². The molecule has 1 fully saturated rings. The van der Waals surface area contributed by atoms with E-state index in [1.807, 2.05) is 42.5 Å². The molecule has 3 aromatic carbocycles. The SMILES string of the molecule is COc1nc2ccc(Br)cc2cc1C(c1ccc(S(C)(=O)=O)cc1)C1(O)CCN(Cc2ccccc2)CC1. The summed E-state index contributed by atoms with van der Waals surface area (Å²) in [5.74, 6) is -0.00188. The summed E-state index contributed by atoms with van der Waals surface area (Å²) >= 11 is 3.55. The topological polar surface area (TPSA) is 79.7 Å². The van der Waals surface area contributed by atoms with Gasteiger partial charge in [0.15, 0.2) is 9.84 Å². The smallest absolute Gasteiger partial charge is 0.217 e. The normalized spacial score (nSPS) is 16.8. The zero-order valence-electron chi connectivity index (χ0n) is 21.5. The maximum absolute atomic E-state index is 12.3. The lowest BCUT2D eigenvalue weighted by Crippen LogP contribution is -2.48. The van der Waals surface area contributed by atoms with Crippen molar-refractivity contribution >= 4 is 36.7 Å². The largest absolute Gasteiger partial charge is 0.481 e. The van der Waals surface area contributed by atoms with Crippen LogP contribution in [-0.4, -0.2) is 55.5 Å². The Morgan fingerprint density at radius 3 is 2.34 bits per heavy atom. The summed E-state index contributed by atoms with van der Waals surface area (Å²) in [5, 5.41) is 13.2. The molecular formula is C30H31BrN2O4S. The van der Waals surface area contributed by atoms with E-state index in [9.17, 15) is 13.5 Å². The lowest BCUT2D eigenvalue weighted by molar-refractivity contribution is -0.0360. The number of likely N-dealkylation sites (tertiary alicyclic amines) is 1. The molecule has 8 heteroatoms. The summed E-state index contributed by atoms with van der Waals surface area (Å²) in [7, 11) is -1.75. The second-order valence-corrected chi connectivity index (χ2v) is 13.0. The van der Waals surface area contributed by atoms with Gasteiger partial charge in [0.05, 0.1) is 23.1 Å². The van der Waals surface area contributed by atoms with Crippen LogP contribution in [0.2, 0.25) is 0 Å². The van der Waals surface area contributed by atoms with Gasteiger partial charge in [-0.25, -0.2) is 13.4 Å². The molecule has 38 heavy (non-hydrogen) atoms. The predicted molar refractivity (Wildman–Crippen MR) is 153 cm³/mol. The average molecular weight is 596 g/mol. The van der Waals surface area contributed by atoms with Crippen LogP contribution in [0, 0.1) is 0 Å². The quantitative estimate of drug-likeness (QED) is 0.301. The highest BCUT2D eigenvalue weighted by Gasteiger charge is 2.43. The van der Waals surface area contributed by atoms with Gasteiger partial charge in [-0.3, -0.25) is 4.90 Å². The maximum atomic E-state index is 12.3. The van der Waals surface area contributed by atoms with Gasteiger partial charge in [-0.1, -0.05) is 58.4 Å². The van der Waals surface area contributed by atoms with Crippen LogP contribution in [0.3, 0.4) is 0 Å². The molecule has 2 heterocycles. The number of pyridine rings is 1. The predicted octanol–water partition coefficient (Wildman–Crippen LogP) is 5.57. The molecule has 0 saturated carbocycles. The second-order valence-electron chi connectivity index (χ2n) is 10.1. The molecule has 1 unspecified atom stereocenters. The van der Waals surface area contributed by atoms with E-state index in [1.165, 1.54) is 11.8 Å². The first-order valence-electron chi connectivity index (χ1n) is 12.6. The molecule has 0 bridgehead atoms. The third-order valence-electron chi connectivity index (χ3n) is 7.42. The van der Waals surface area contributed by atoms with Crippen LogP contribution >= 0.6 is 15.9 Å². The standard InChI is InChI=1S/C30H31BrN2O4S/c1-37-29-26(19-23-18-24(31)10-13-27(23)32-29)28(22-8-11-25(12-9-22)38(2,35)36)30(34)14-16-33(17-15-30)20-21-6-4-3-5-7-21/h3-13,18-19,28,34H,14-17,20H2,1-2H3. The highest BCUT2D eigenvalue weighted by molar-refractivity contribution is 9.10. The number of halogens is 1. The molecular weight excluding hydrogens is 564 g/mol. The molecule has 1 aliphatic heterocycles. The highest BCUT2D eigenvalue weighted by Crippen LogP contribution is 2.45. The molecule has 4 aromatic rings. The van der Waals surface area contributed by atoms with Crippen molar-refractivity contribution in [3.8, 4) is 5.88 Å². The van der Waals surface area contributed by atoms with Crippen LogP contribution in [-0.2, 0) is 16.4 Å². The molecule has 0 aliphatic carbocycles. The summed E-state index contributed by atoms with van der Waals surface area (Å²) in [6.45, 7) is 2.30. The van der Waals surface area contributed by atoms with E-state index < -0.39 is 21.4 Å². The summed E-state index contributed by atoms with van der Waals surface area (Å²) in [6.07, 6.45) is 2.31. The molecule has 1 aromatic heterocycles. The number of sulfone groups is 1. The molecule has 0 amide bonds. The Labute approximate surface area is 232 Å². The summed E-state index contributed by atoms with van der Waals surface area (Å²) in [4.78, 5) is 7.38. The zero-order valence-corrected chi connectivity index (χ0v) is 23.9. The minimum Gasteiger partial charge on any atom is -0.481 e. The number of aromatic nitrogens is 1. The lowest BCUT2D eigenvalue weighted by atomic mass is 9.72. The number of ether oxygens (including phenoxy) is 1. The minimum atomic E-state index is -3.34. The molecule has 0 spiro atoms. The number of hydrogen-bond donors (Lipinski definition) is 1. The number of aliphatic hydroxyl groups is 1. The van der Waals surface area contributed by atoms with Crippen LogP contribution in [0.5, 0.6) is 5.88 Å². The summed E-state index contributed by atoms with van der Waals surface area (Å²) in [5.41, 5.74) is 2.57. The number of rotatable bonds is 7. The van der Waals surface area contributed by atoms with E-state index in [2.05, 4.69) is 33.0 Å².